The number of nitrogens with zero attached hydrogens (tertiary/aromatic N) is 4. The monoisotopic (exact) mass is 344 g/mol. The number of aliphatic hydroxyl groups is 1. The standard InChI is InChI=1S/C19H28N4O2/c1-21(2)10-15-9-16(13-24)12-23(11-15)19(25)7-8-22-14-20-17-5-3-4-6-18(17)22/h3-6,14-16,24H,7-13H2,1-2H3/t15-,16+/m0/s1. The number of amides is 1. The van der Waals surface area contributed by atoms with Crippen molar-refractivity contribution in [2.45, 2.75) is 19.4 Å². The molecule has 1 saturated heterocycles. The van der Waals surface area contributed by atoms with Crippen LogP contribution < -0.4 is 0 Å². The predicted octanol–water partition coefficient (Wildman–Crippen LogP) is 1.44. The predicted molar refractivity (Wildman–Crippen MR) is 98.2 cm³/mol. The normalized spacial score (nSPS) is 21.2. The zero-order valence-electron chi connectivity index (χ0n) is 15.1. The summed E-state index contributed by atoms with van der Waals surface area (Å²) in [5.74, 6) is 0.787. The summed E-state index contributed by atoms with van der Waals surface area (Å²) in [7, 11) is 4.11. The highest BCUT2D eigenvalue weighted by molar-refractivity contribution is 5.77. The molecule has 0 aliphatic carbocycles. The Balaban J connectivity index is 1.61. The Labute approximate surface area is 149 Å². The molecule has 2 aromatic rings. The van der Waals surface area contributed by atoms with E-state index in [9.17, 15) is 9.90 Å². The van der Waals surface area contributed by atoms with Crippen LogP contribution in [0.3, 0.4) is 0 Å². The summed E-state index contributed by atoms with van der Waals surface area (Å²) in [6.45, 7) is 3.20. The van der Waals surface area contributed by atoms with Gasteiger partial charge in [0, 0.05) is 39.2 Å². The molecule has 0 spiro atoms. The van der Waals surface area contributed by atoms with E-state index in [0.29, 0.717) is 25.4 Å². The summed E-state index contributed by atoms with van der Waals surface area (Å²) in [5, 5.41) is 9.58. The molecule has 1 amide bonds. The molecule has 1 aromatic carbocycles. The summed E-state index contributed by atoms with van der Waals surface area (Å²) in [5.41, 5.74) is 2.02. The molecular weight excluding hydrogens is 316 g/mol. The number of aromatic nitrogens is 2. The fourth-order valence-electron chi connectivity index (χ4n) is 3.87. The van der Waals surface area contributed by atoms with Crippen molar-refractivity contribution in [3.05, 3.63) is 30.6 Å². The molecule has 0 unspecified atom stereocenters. The van der Waals surface area contributed by atoms with E-state index in [0.717, 1.165) is 30.5 Å². The maximum atomic E-state index is 12.7. The maximum Gasteiger partial charge on any atom is 0.224 e. The Kier molecular flexibility index (Phi) is 5.71. The largest absolute Gasteiger partial charge is 0.396 e. The van der Waals surface area contributed by atoms with Crippen LogP contribution in [0.25, 0.3) is 11.0 Å². The van der Waals surface area contributed by atoms with E-state index in [2.05, 4.69) is 24.0 Å². The van der Waals surface area contributed by atoms with Crippen molar-refractivity contribution in [2.75, 3.05) is 40.3 Å². The zero-order chi connectivity index (χ0) is 17.8. The Hall–Kier alpha value is -1.92. The zero-order valence-corrected chi connectivity index (χ0v) is 15.1. The number of hydrogen-bond acceptors (Lipinski definition) is 4. The average molecular weight is 344 g/mol. The number of piperidine rings is 1. The van der Waals surface area contributed by atoms with E-state index >= 15 is 0 Å². The molecule has 6 nitrogen and oxygen atoms in total. The summed E-state index contributed by atoms with van der Waals surface area (Å²) in [6.07, 6.45) is 3.26. The van der Waals surface area contributed by atoms with Crippen molar-refractivity contribution in [2.24, 2.45) is 11.8 Å². The first-order valence-electron chi connectivity index (χ1n) is 9.00. The summed E-state index contributed by atoms with van der Waals surface area (Å²) in [4.78, 5) is 21.2. The van der Waals surface area contributed by atoms with E-state index in [1.807, 2.05) is 33.7 Å². The van der Waals surface area contributed by atoms with Gasteiger partial charge in [0.1, 0.15) is 0 Å². The Morgan fingerprint density at radius 2 is 2.04 bits per heavy atom. The quantitative estimate of drug-likeness (QED) is 0.861. The lowest BCUT2D eigenvalue weighted by atomic mass is 9.89. The first-order chi connectivity index (χ1) is 12.1. The van der Waals surface area contributed by atoms with Gasteiger partial charge >= 0.3 is 0 Å². The van der Waals surface area contributed by atoms with Crippen molar-refractivity contribution in [3.63, 3.8) is 0 Å². The van der Waals surface area contributed by atoms with Gasteiger partial charge in [0.05, 0.1) is 17.4 Å². The minimum atomic E-state index is 0.153. The van der Waals surface area contributed by atoms with E-state index < -0.39 is 0 Å². The van der Waals surface area contributed by atoms with Crippen molar-refractivity contribution in [1.29, 1.82) is 0 Å². The van der Waals surface area contributed by atoms with Crippen LogP contribution in [0.15, 0.2) is 30.6 Å². The summed E-state index contributed by atoms with van der Waals surface area (Å²) < 4.78 is 2.04. The van der Waals surface area contributed by atoms with Gasteiger partial charge in [-0.15, -0.1) is 0 Å². The second-order valence-electron chi connectivity index (χ2n) is 7.39. The lowest BCUT2D eigenvalue weighted by Crippen LogP contribution is -2.47. The van der Waals surface area contributed by atoms with Crippen molar-refractivity contribution in [3.8, 4) is 0 Å². The van der Waals surface area contributed by atoms with Crippen LogP contribution in [0.2, 0.25) is 0 Å². The number of imidazole rings is 1. The number of rotatable bonds is 6. The number of aryl methyl sites for hydroxylation is 1. The molecule has 1 aliphatic heterocycles. The Morgan fingerprint density at radius 1 is 1.28 bits per heavy atom. The van der Waals surface area contributed by atoms with E-state index in [-0.39, 0.29) is 18.4 Å². The van der Waals surface area contributed by atoms with Gasteiger partial charge in [0.15, 0.2) is 0 Å². The van der Waals surface area contributed by atoms with E-state index in [1.54, 1.807) is 6.33 Å². The van der Waals surface area contributed by atoms with Gasteiger partial charge in [-0.1, -0.05) is 12.1 Å². The van der Waals surface area contributed by atoms with Crippen LogP contribution in [-0.4, -0.2) is 70.7 Å². The van der Waals surface area contributed by atoms with Gasteiger partial charge in [0.2, 0.25) is 5.91 Å². The fourth-order valence-corrected chi connectivity index (χ4v) is 3.87. The molecule has 136 valence electrons. The van der Waals surface area contributed by atoms with Crippen LogP contribution in [0, 0.1) is 11.8 Å². The van der Waals surface area contributed by atoms with Gasteiger partial charge < -0.3 is 19.5 Å². The first kappa shape index (κ1) is 17.9. The van der Waals surface area contributed by atoms with Crippen molar-refractivity contribution >= 4 is 16.9 Å². The molecule has 0 saturated carbocycles. The van der Waals surface area contributed by atoms with Crippen LogP contribution in [0.5, 0.6) is 0 Å². The number of likely N-dealkylation sites (tertiary alicyclic amines) is 1. The van der Waals surface area contributed by atoms with Gasteiger partial charge in [-0.3, -0.25) is 4.79 Å². The first-order valence-corrected chi connectivity index (χ1v) is 9.00. The molecule has 0 bridgehead atoms. The number of carbonyl (C=O) groups is 1. The molecule has 6 heteroatoms. The number of fused-ring (bicyclic) bond motifs is 1. The van der Waals surface area contributed by atoms with E-state index in [4.69, 9.17) is 0 Å². The number of carbonyl (C=O) groups excluding carboxylic acids is 1. The van der Waals surface area contributed by atoms with Crippen LogP contribution in [0.4, 0.5) is 0 Å². The third kappa shape index (κ3) is 4.38. The number of benzene rings is 1. The second-order valence-corrected chi connectivity index (χ2v) is 7.39. The molecule has 1 fully saturated rings. The molecule has 3 rings (SSSR count). The van der Waals surface area contributed by atoms with Gasteiger partial charge in [-0.05, 0) is 44.5 Å². The lowest BCUT2D eigenvalue weighted by molar-refractivity contribution is -0.134. The fraction of sp³-hybridized carbons (Fsp3) is 0.579. The molecule has 25 heavy (non-hydrogen) atoms. The summed E-state index contributed by atoms with van der Waals surface area (Å²) >= 11 is 0. The van der Waals surface area contributed by atoms with Gasteiger partial charge in [0.25, 0.3) is 0 Å². The number of aliphatic hydroxyl groups excluding tert-OH is 1. The van der Waals surface area contributed by atoms with Gasteiger partial charge in [-0.2, -0.15) is 0 Å². The lowest BCUT2D eigenvalue weighted by Gasteiger charge is -2.38. The molecule has 1 aliphatic rings. The molecule has 2 heterocycles. The van der Waals surface area contributed by atoms with Crippen LogP contribution in [0.1, 0.15) is 12.8 Å². The third-order valence-electron chi connectivity index (χ3n) is 4.95. The molecule has 1 aromatic heterocycles. The van der Waals surface area contributed by atoms with Crippen LogP contribution >= 0.6 is 0 Å². The highest BCUT2D eigenvalue weighted by Gasteiger charge is 2.29. The van der Waals surface area contributed by atoms with E-state index in [1.165, 1.54) is 0 Å². The van der Waals surface area contributed by atoms with Crippen molar-refractivity contribution < 1.29 is 9.90 Å². The highest BCUT2D eigenvalue weighted by Crippen LogP contribution is 2.23. The minimum absolute atomic E-state index is 0.153. The van der Waals surface area contributed by atoms with Gasteiger partial charge in [-0.25, -0.2) is 4.98 Å². The highest BCUT2D eigenvalue weighted by atomic mass is 16.3. The smallest absolute Gasteiger partial charge is 0.224 e. The second kappa shape index (κ2) is 7.97. The Morgan fingerprint density at radius 3 is 2.80 bits per heavy atom. The maximum absolute atomic E-state index is 12.7. The number of para-hydroxylation sites is 2. The molecule has 0 radical (unpaired) electrons. The molecule has 2 atom stereocenters. The van der Waals surface area contributed by atoms with Crippen LogP contribution in [-0.2, 0) is 11.3 Å². The minimum Gasteiger partial charge on any atom is -0.396 e. The summed E-state index contributed by atoms with van der Waals surface area (Å²) in [6, 6.07) is 7.97. The molecule has 1 N–H and O–H groups in total. The number of hydrogen-bond donors (Lipinski definition) is 1. The average Bonchev–Trinajstić information content (AvgIpc) is 3.02. The Bertz CT molecular complexity index is 712. The SMILES string of the molecule is CN(C)C[C@@H]1C[C@@H](CO)CN(C(=O)CCn2cnc3ccccc32)C1. The third-order valence-corrected chi connectivity index (χ3v) is 4.95. The topological polar surface area (TPSA) is 61.6 Å². The van der Waals surface area contributed by atoms with Crippen molar-refractivity contribution in [1.82, 2.24) is 19.4 Å². The molecular formula is C19H28N4O2.